The molecule has 5 nitrogen and oxygen atoms in total. The minimum Gasteiger partial charge on any atom is -0.393 e. The number of anilines is 1. The minimum absolute atomic E-state index is 0.126. The van der Waals surface area contributed by atoms with Gasteiger partial charge in [0.1, 0.15) is 0 Å². The summed E-state index contributed by atoms with van der Waals surface area (Å²) in [5.41, 5.74) is 1.81. The summed E-state index contributed by atoms with van der Waals surface area (Å²) < 4.78 is 0. The summed E-state index contributed by atoms with van der Waals surface area (Å²) in [6.45, 7) is 2.67. The number of hydrogen-bond acceptors (Lipinski definition) is 4. The van der Waals surface area contributed by atoms with Gasteiger partial charge in [0.2, 0.25) is 0 Å². The zero-order chi connectivity index (χ0) is 13.8. The van der Waals surface area contributed by atoms with Crippen LogP contribution in [0.4, 0.5) is 11.4 Å². The number of nitro groups is 1. The second kappa shape index (κ2) is 6.02. The zero-order valence-corrected chi connectivity index (χ0v) is 11.1. The number of rotatable bonds is 4. The smallest absolute Gasteiger partial charge is 0.271 e. The highest BCUT2D eigenvalue weighted by Gasteiger charge is 2.19. The van der Waals surface area contributed by atoms with E-state index < -0.39 is 0 Å². The summed E-state index contributed by atoms with van der Waals surface area (Å²) in [5.74, 6) is 0.544. The summed E-state index contributed by atoms with van der Waals surface area (Å²) >= 11 is 0. The Morgan fingerprint density at radius 3 is 2.63 bits per heavy atom. The van der Waals surface area contributed by atoms with Gasteiger partial charge in [-0.05, 0) is 50.2 Å². The molecular weight excluding hydrogens is 244 g/mol. The van der Waals surface area contributed by atoms with E-state index in [9.17, 15) is 15.2 Å². The molecule has 0 aliphatic heterocycles. The van der Waals surface area contributed by atoms with Crippen LogP contribution < -0.4 is 5.32 Å². The van der Waals surface area contributed by atoms with Crippen molar-refractivity contribution in [2.45, 2.75) is 38.7 Å². The normalized spacial score (nSPS) is 23.1. The Morgan fingerprint density at radius 1 is 1.32 bits per heavy atom. The van der Waals surface area contributed by atoms with Gasteiger partial charge >= 0.3 is 0 Å². The van der Waals surface area contributed by atoms with Crippen molar-refractivity contribution in [1.29, 1.82) is 0 Å². The molecule has 0 aromatic heterocycles. The van der Waals surface area contributed by atoms with Crippen LogP contribution in [0.25, 0.3) is 0 Å². The molecule has 0 saturated heterocycles. The van der Waals surface area contributed by atoms with Gasteiger partial charge in [0.25, 0.3) is 5.69 Å². The second-order valence-electron chi connectivity index (χ2n) is 5.37. The van der Waals surface area contributed by atoms with E-state index in [2.05, 4.69) is 5.32 Å². The average Bonchev–Trinajstić information content (AvgIpc) is 2.37. The Balaban J connectivity index is 1.94. The predicted molar refractivity (Wildman–Crippen MR) is 74.3 cm³/mol. The lowest BCUT2D eigenvalue weighted by Crippen LogP contribution is -2.23. The largest absolute Gasteiger partial charge is 0.393 e. The fourth-order valence-corrected chi connectivity index (χ4v) is 2.58. The van der Waals surface area contributed by atoms with E-state index in [1.165, 1.54) is 0 Å². The van der Waals surface area contributed by atoms with E-state index >= 15 is 0 Å². The molecule has 1 aromatic rings. The first-order valence-corrected chi connectivity index (χ1v) is 6.72. The van der Waals surface area contributed by atoms with Crippen molar-refractivity contribution in [3.8, 4) is 0 Å². The van der Waals surface area contributed by atoms with E-state index in [4.69, 9.17) is 0 Å². The van der Waals surface area contributed by atoms with Gasteiger partial charge in [0.05, 0.1) is 11.0 Å². The van der Waals surface area contributed by atoms with E-state index in [0.717, 1.165) is 43.5 Å². The van der Waals surface area contributed by atoms with E-state index in [1.807, 2.05) is 13.0 Å². The molecule has 0 atom stereocenters. The van der Waals surface area contributed by atoms with E-state index in [1.54, 1.807) is 12.1 Å². The van der Waals surface area contributed by atoms with Gasteiger partial charge < -0.3 is 10.4 Å². The molecule has 5 heteroatoms. The van der Waals surface area contributed by atoms with Crippen LogP contribution in [0.5, 0.6) is 0 Å². The van der Waals surface area contributed by atoms with Crippen molar-refractivity contribution in [3.05, 3.63) is 33.9 Å². The molecule has 1 fully saturated rings. The molecule has 1 aromatic carbocycles. The minimum atomic E-state index is -0.366. The number of aliphatic hydroxyl groups is 1. The molecule has 0 heterocycles. The van der Waals surface area contributed by atoms with Crippen LogP contribution in [-0.4, -0.2) is 22.7 Å². The van der Waals surface area contributed by atoms with Gasteiger partial charge in [0, 0.05) is 24.4 Å². The van der Waals surface area contributed by atoms with Crippen LogP contribution in [-0.2, 0) is 0 Å². The predicted octanol–water partition coefficient (Wildman–Crippen LogP) is 2.87. The number of nitro benzene ring substituents is 1. The molecule has 104 valence electrons. The van der Waals surface area contributed by atoms with Gasteiger partial charge in [-0.3, -0.25) is 10.1 Å². The molecule has 19 heavy (non-hydrogen) atoms. The molecule has 2 N–H and O–H groups in total. The summed E-state index contributed by atoms with van der Waals surface area (Å²) in [7, 11) is 0. The SMILES string of the molecule is Cc1cc(NCC2CCC(O)CC2)cc([N+](=O)[O-])c1. The van der Waals surface area contributed by atoms with Gasteiger partial charge in [-0.25, -0.2) is 0 Å². The van der Waals surface area contributed by atoms with Crippen molar-refractivity contribution < 1.29 is 10.0 Å². The van der Waals surface area contributed by atoms with Crippen LogP contribution in [0.15, 0.2) is 18.2 Å². The number of nitrogens with one attached hydrogen (secondary N) is 1. The molecule has 0 unspecified atom stereocenters. The highest BCUT2D eigenvalue weighted by atomic mass is 16.6. The summed E-state index contributed by atoms with van der Waals surface area (Å²) in [6.07, 6.45) is 3.61. The fraction of sp³-hybridized carbons (Fsp3) is 0.571. The molecule has 0 bridgehead atoms. The number of benzene rings is 1. The van der Waals surface area contributed by atoms with Gasteiger partial charge in [0.15, 0.2) is 0 Å². The summed E-state index contributed by atoms with van der Waals surface area (Å²) in [4.78, 5) is 10.4. The highest BCUT2D eigenvalue weighted by molar-refractivity contribution is 5.53. The van der Waals surface area contributed by atoms with Crippen molar-refractivity contribution in [2.24, 2.45) is 5.92 Å². The number of aryl methyl sites for hydroxylation is 1. The van der Waals surface area contributed by atoms with Crippen LogP contribution >= 0.6 is 0 Å². The van der Waals surface area contributed by atoms with Crippen LogP contribution in [0.3, 0.4) is 0 Å². The molecule has 1 aliphatic rings. The lowest BCUT2D eigenvalue weighted by atomic mass is 9.87. The lowest BCUT2D eigenvalue weighted by molar-refractivity contribution is -0.384. The van der Waals surface area contributed by atoms with Gasteiger partial charge in [-0.2, -0.15) is 0 Å². The molecule has 1 aliphatic carbocycles. The lowest BCUT2D eigenvalue weighted by Gasteiger charge is -2.25. The van der Waals surface area contributed by atoms with Crippen LogP contribution in [0.2, 0.25) is 0 Å². The highest BCUT2D eigenvalue weighted by Crippen LogP contribution is 2.26. The first kappa shape index (κ1) is 13.8. The number of nitrogens with zero attached hydrogens (tertiary/aromatic N) is 1. The maximum absolute atomic E-state index is 10.8. The number of aliphatic hydroxyl groups excluding tert-OH is 1. The van der Waals surface area contributed by atoms with Crippen molar-refractivity contribution in [2.75, 3.05) is 11.9 Å². The zero-order valence-electron chi connectivity index (χ0n) is 11.1. The molecule has 2 rings (SSSR count). The quantitative estimate of drug-likeness (QED) is 0.647. The second-order valence-corrected chi connectivity index (χ2v) is 5.37. The molecule has 0 amide bonds. The van der Waals surface area contributed by atoms with Crippen molar-refractivity contribution in [3.63, 3.8) is 0 Å². The Bertz CT molecular complexity index is 454. The Kier molecular flexibility index (Phi) is 4.37. The Hall–Kier alpha value is -1.62. The van der Waals surface area contributed by atoms with Crippen LogP contribution in [0, 0.1) is 23.0 Å². The first-order valence-electron chi connectivity index (χ1n) is 6.72. The topological polar surface area (TPSA) is 75.4 Å². The molecule has 0 radical (unpaired) electrons. The third-order valence-electron chi connectivity index (χ3n) is 3.68. The van der Waals surface area contributed by atoms with Crippen LogP contribution in [0.1, 0.15) is 31.2 Å². The monoisotopic (exact) mass is 264 g/mol. The molecule has 1 saturated carbocycles. The fourth-order valence-electron chi connectivity index (χ4n) is 2.58. The first-order chi connectivity index (χ1) is 9.04. The van der Waals surface area contributed by atoms with E-state index in [-0.39, 0.29) is 16.7 Å². The molecule has 0 spiro atoms. The maximum atomic E-state index is 10.8. The van der Waals surface area contributed by atoms with E-state index in [0.29, 0.717) is 5.92 Å². The number of non-ortho nitro benzene ring substituents is 1. The van der Waals surface area contributed by atoms with Crippen molar-refractivity contribution in [1.82, 2.24) is 0 Å². The van der Waals surface area contributed by atoms with Gasteiger partial charge in [-0.15, -0.1) is 0 Å². The molecular formula is C14H20N2O3. The van der Waals surface area contributed by atoms with Gasteiger partial charge in [-0.1, -0.05) is 0 Å². The summed E-state index contributed by atoms with van der Waals surface area (Å²) in [5, 5.41) is 23.5. The number of hydrogen-bond donors (Lipinski definition) is 2. The maximum Gasteiger partial charge on any atom is 0.271 e. The van der Waals surface area contributed by atoms with Crippen molar-refractivity contribution >= 4 is 11.4 Å². The third-order valence-corrected chi connectivity index (χ3v) is 3.68. The standard InChI is InChI=1S/C14H20N2O3/c1-10-6-12(8-13(7-10)16(18)19)15-9-11-2-4-14(17)5-3-11/h6-8,11,14-15,17H,2-5,9H2,1H3. The Morgan fingerprint density at radius 2 is 2.00 bits per heavy atom. The summed E-state index contributed by atoms with van der Waals surface area (Å²) in [6, 6.07) is 5.07. The average molecular weight is 264 g/mol. The Labute approximate surface area is 112 Å². The third kappa shape index (κ3) is 3.92.